The van der Waals surface area contributed by atoms with Gasteiger partial charge >= 0.3 is 0 Å². The van der Waals surface area contributed by atoms with Crippen LogP contribution in [0.2, 0.25) is 0 Å². The smallest absolute Gasteiger partial charge is 0.184 e. The van der Waals surface area contributed by atoms with E-state index in [1.54, 1.807) is 4.68 Å². The molecule has 1 atom stereocenters. The van der Waals surface area contributed by atoms with Gasteiger partial charge in [-0.25, -0.2) is 13.1 Å². The van der Waals surface area contributed by atoms with E-state index in [1.165, 1.54) is 0 Å². The van der Waals surface area contributed by atoms with Crippen LogP contribution in [0.5, 0.6) is 0 Å². The molecular formula is C13H17N5O2S. The molecule has 1 saturated heterocycles. The lowest BCUT2D eigenvalue weighted by Gasteiger charge is -2.11. The Bertz CT molecular complexity index is 769. The summed E-state index contributed by atoms with van der Waals surface area (Å²) < 4.78 is 24.7. The molecule has 0 amide bonds. The monoisotopic (exact) mass is 307 g/mol. The summed E-state index contributed by atoms with van der Waals surface area (Å²) in [6.45, 7) is 2.47. The Morgan fingerprint density at radius 2 is 2.24 bits per heavy atom. The van der Waals surface area contributed by atoms with Crippen LogP contribution in [0.15, 0.2) is 18.2 Å². The van der Waals surface area contributed by atoms with Gasteiger partial charge in [0.1, 0.15) is 0 Å². The lowest BCUT2D eigenvalue weighted by atomic mass is 10.1. The van der Waals surface area contributed by atoms with Gasteiger partial charge in [0.2, 0.25) is 0 Å². The van der Waals surface area contributed by atoms with E-state index in [4.69, 9.17) is 5.73 Å². The highest BCUT2D eigenvalue weighted by Crippen LogP contribution is 2.26. The lowest BCUT2D eigenvalue weighted by molar-refractivity contribution is 0.452. The van der Waals surface area contributed by atoms with Gasteiger partial charge in [0.05, 0.1) is 11.5 Å². The highest BCUT2D eigenvalue weighted by molar-refractivity contribution is 7.91. The minimum absolute atomic E-state index is 0.0586. The Labute approximate surface area is 123 Å². The van der Waals surface area contributed by atoms with E-state index in [1.807, 2.05) is 25.1 Å². The van der Waals surface area contributed by atoms with Crippen molar-refractivity contribution in [3.05, 3.63) is 23.8 Å². The zero-order chi connectivity index (χ0) is 15.0. The van der Waals surface area contributed by atoms with Gasteiger partial charge in [0.25, 0.3) is 0 Å². The molecule has 2 N–H and O–H groups in total. The van der Waals surface area contributed by atoms with Crippen LogP contribution < -0.4 is 5.73 Å². The van der Waals surface area contributed by atoms with Gasteiger partial charge in [0.15, 0.2) is 15.7 Å². The van der Waals surface area contributed by atoms with Crippen LogP contribution in [0.4, 0.5) is 5.69 Å². The van der Waals surface area contributed by atoms with Crippen LogP contribution in [-0.2, 0) is 16.4 Å². The first-order chi connectivity index (χ1) is 9.94. The number of rotatable bonds is 3. The minimum atomic E-state index is -2.90. The maximum atomic E-state index is 11.5. The maximum absolute atomic E-state index is 11.5. The molecule has 0 radical (unpaired) electrons. The Morgan fingerprint density at radius 3 is 2.95 bits per heavy atom. The average molecular weight is 307 g/mol. The standard InChI is InChI=1S/C13H17N5O2S/c1-9-2-3-12(14)11(6-9)13-15-16-17-18(13)7-10-4-5-21(19,20)8-10/h2-3,6,10H,4-5,7-8,14H2,1H3. The van der Waals surface area contributed by atoms with Crippen LogP contribution in [-0.4, -0.2) is 40.1 Å². The molecule has 3 rings (SSSR count). The Hall–Kier alpha value is -1.96. The fourth-order valence-corrected chi connectivity index (χ4v) is 4.49. The summed E-state index contributed by atoms with van der Waals surface area (Å²) >= 11 is 0. The van der Waals surface area contributed by atoms with Crippen LogP contribution >= 0.6 is 0 Å². The molecule has 21 heavy (non-hydrogen) atoms. The van der Waals surface area contributed by atoms with Crippen LogP contribution in [0.1, 0.15) is 12.0 Å². The summed E-state index contributed by atoms with van der Waals surface area (Å²) in [5.41, 5.74) is 8.45. The first kappa shape index (κ1) is 14.0. The molecule has 1 aromatic carbocycles. The van der Waals surface area contributed by atoms with Crippen molar-refractivity contribution < 1.29 is 8.42 Å². The van der Waals surface area contributed by atoms with E-state index in [9.17, 15) is 8.42 Å². The second-order valence-electron chi connectivity index (χ2n) is 5.54. The first-order valence-corrected chi connectivity index (χ1v) is 8.60. The second-order valence-corrected chi connectivity index (χ2v) is 7.77. The molecule has 1 aliphatic rings. The first-order valence-electron chi connectivity index (χ1n) is 6.78. The molecule has 7 nitrogen and oxygen atoms in total. The quantitative estimate of drug-likeness (QED) is 0.836. The zero-order valence-corrected chi connectivity index (χ0v) is 12.5. The number of nitrogens with two attached hydrogens (primary N) is 1. The predicted molar refractivity (Wildman–Crippen MR) is 79.2 cm³/mol. The largest absolute Gasteiger partial charge is 0.398 e. The molecule has 0 aliphatic carbocycles. The highest BCUT2D eigenvalue weighted by atomic mass is 32.2. The third-order valence-corrected chi connectivity index (χ3v) is 5.58. The SMILES string of the molecule is Cc1ccc(N)c(-c2nnnn2CC2CCS(=O)(=O)C2)c1. The van der Waals surface area contributed by atoms with Crippen LogP contribution in [0.3, 0.4) is 0 Å². The summed E-state index contributed by atoms with van der Waals surface area (Å²) in [5, 5.41) is 11.7. The molecule has 0 bridgehead atoms. The van der Waals surface area contributed by atoms with Crippen LogP contribution in [0.25, 0.3) is 11.4 Å². The lowest BCUT2D eigenvalue weighted by Crippen LogP contribution is -2.15. The highest BCUT2D eigenvalue weighted by Gasteiger charge is 2.29. The molecule has 1 aliphatic heterocycles. The number of tetrazole rings is 1. The van der Waals surface area contributed by atoms with Crippen molar-refractivity contribution in [1.82, 2.24) is 20.2 Å². The van der Waals surface area contributed by atoms with Crippen molar-refractivity contribution in [3.8, 4) is 11.4 Å². The van der Waals surface area contributed by atoms with Gasteiger partial charge in [0, 0.05) is 17.8 Å². The van der Waals surface area contributed by atoms with E-state index < -0.39 is 9.84 Å². The van der Waals surface area contributed by atoms with E-state index >= 15 is 0 Å². The summed E-state index contributed by atoms with van der Waals surface area (Å²) in [6, 6.07) is 5.68. The molecule has 2 heterocycles. The molecule has 1 aromatic heterocycles. The molecule has 0 spiro atoms. The van der Waals surface area contributed by atoms with Crippen molar-refractivity contribution in [2.24, 2.45) is 5.92 Å². The third-order valence-electron chi connectivity index (χ3n) is 3.74. The number of hydrogen-bond donors (Lipinski definition) is 1. The predicted octanol–water partition coefficient (Wildman–Crippen LogP) is 0.665. The van der Waals surface area contributed by atoms with E-state index in [2.05, 4.69) is 15.5 Å². The van der Waals surface area contributed by atoms with E-state index in [-0.39, 0.29) is 17.4 Å². The molecule has 8 heteroatoms. The molecule has 1 fully saturated rings. The van der Waals surface area contributed by atoms with Gasteiger partial charge in [-0.15, -0.1) is 5.10 Å². The molecule has 112 valence electrons. The summed E-state index contributed by atoms with van der Waals surface area (Å²) in [6.07, 6.45) is 0.658. The van der Waals surface area contributed by atoms with Crippen molar-refractivity contribution in [2.45, 2.75) is 19.9 Å². The number of benzene rings is 1. The van der Waals surface area contributed by atoms with Gasteiger partial charge in [-0.3, -0.25) is 0 Å². The Balaban J connectivity index is 1.89. The second kappa shape index (κ2) is 5.10. The molecule has 0 saturated carbocycles. The minimum Gasteiger partial charge on any atom is -0.398 e. The van der Waals surface area contributed by atoms with Crippen molar-refractivity contribution in [3.63, 3.8) is 0 Å². The third kappa shape index (κ3) is 2.90. The summed E-state index contributed by atoms with van der Waals surface area (Å²) in [4.78, 5) is 0. The number of nitrogen functional groups attached to an aromatic ring is 1. The number of nitrogens with zero attached hydrogens (tertiary/aromatic N) is 4. The van der Waals surface area contributed by atoms with E-state index in [0.717, 1.165) is 11.1 Å². The van der Waals surface area contributed by atoms with Gasteiger partial charge in [-0.2, -0.15) is 0 Å². The molecule has 2 aromatic rings. The number of aromatic nitrogens is 4. The van der Waals surface area contributed by atoms with Gasteiger partial charge < -0.3 is 5.73 Å². The molecule has 1 unspecified atom stereocenters. The Kier molecular flexibility index (Phi) is 3.40. The van der Waals surface area contributed by atoms with Crippen molar-refractivity contribution >= 4 is 15.5 Å². The van der Waals surface area contributed by atoms with Gasteiger partial charge in [-0.1, -0.05) is 11.6 Å². The van der Waals surface area contributed by atoms with Crippen LogP contribution in [0, 0.1) is 12.8 Å². The molecular weight excluding hydrogens is 290 g/mol. The fraction of sp³-hybridized carbons (Fsp3) is 0.462. The number of aryl methyl sites for hydroxylation is 1. The number of anilines is 1. The number of sulfone groups is 1. The summed E-state index contributed by atoms with van der Waals surface area (Å²) in [5.74, 6) is 1.10. The Morgan fingerprint density at radius 1 is 1.43 bits per heavy atom. The average Bonchev–Trinajstić information content (AvgIpc) is 2.99. The van der Waals surface area contributed by atoms with Crippen molar-refractivity contribution in [2.75, 3.05) is 17.2 Å². The topological polar surface area (TPSA) is 104 Å². The van der Waals surface area contributed by atoms with Gasteiger partial charge in [-0.05, 0) is 41.8 Å². The number of hydrogen-bond acceptors (Lipinski definition) is 6. The zero-order valence-electron chi connectivity index (χ0n) is 11.7. The fourth-order valence-electron chi connectivity index (χ4n) is 2.64. The van der Waals surface area contributed by atoms with E-state index in [0.29, 0.717) is 24.5 Å². The summed E-state index contributed by atoms with van der Waals surface area (Å²) in [7, 11) is -2.90. The van der Waals surface area contributed by atoms with Crippen molar-refractivity contribution in [1.29, 1.82) is 0 Å². The normalized spacial score (nSPS) is 20.7. The maximum Gasteiger partial charge on any atom is 0.184 e.